The number of anilines is 1. The minimum Gasteiger partial charge on any atom is -0.312 e. The molecule has 1 atom stereocenters. The number of sulfone groups is 1. The summed E-state index contributed by atoms with van der Waals surface area (Å²) in [6.45, 7) is 2.77. The average Bonchev–Trinajstić information content (AvgIpc) is 2.34. The third kappa shape index (κ3) is 3.56. The molecule has 1 aliphatic heterocycles. The lowest BCUT2D eigenvalue weighted by atomic mass is 9.94. The van der Waals surface area contributed by atoms with Crippen LogP contribution in [0.2, 0.25) is 0 Å². The summed E-state index contributed by atoms with van der Waals surface area (Å²) in [6, 6.07) is 7.84. The van der Waals surface area contributed by atoms with Gasteiger partial charge in [0.25, 0.3) is 0 Å². The molecule has 2 rings (SSSR count). The summed E-state index contributed by atoms with van der Waals surface area (Å²) in [4.78, 5) is 13.9. The van der Waals surface area contributed by atoms with Gasteiger partial charge in [-0.15, -0.1) is 0 Å². The van der Waals surface area contributed by atoms with Crippen LogP contribution in [0.25, 0.3) is 0 Å². The van der Waals surface area contributed by atoms with Gasteiger partial charge < -0.3 is 4.90 Å². The van der Waals surface area contributed by atoms with Crippen molar-refractivity contribution < 1.29 is 13.2 Å². The number of benzene rings is 1. The van der Waals surface area contributed by atoms with Gasteiger partial charge in [0, 0.05) is 24.9 Å². The van der Waals surface area contributed by atoms with E-state index in [1.807, 2.05) is 24.3 Å². The summed E-state index contributed by atoms with van der Waals surface area (Å²) in [5.41, 5.74) is 2.09. The number of amides is 1. The largest absolute Gasteiger partial charge is 0.312 e. The van der Waals surface area contributed by atoms with Gasteiger partial charge in [-0.25, -0.2) is 8.42 Å². The molecule has 1 unspecified atom stereocenters. The summed E-state index contributed by atoms with van der Waals surface area (Å²) in [7, 11) is -3.10. The lowest BCUT2D eigenvalue weighted by Crippen LogP contribution is -2.39. The highest BCUT2D eigenvalue weighted by Crippen LogP contribution is 2.29. The van der Waals surface area contributed by atoms with E-state index in [1.54, 1.807) is 4.90 Å². The summed E-state index contributed by atoms with van der Waals surface area (Å²) < 4.78 is 22.3. The number of rotatable bonds is 3. The molecule has 0 aromatic heterocycles. The SMILES string of the molecule is CC1Cc2ccccc2N(C(=O)CCS(C)(=O)=O)C1. The maximum Gasteiger partial charge on any atom is 0.228 e. The van der Waals surface area contributed by atoms with E-state index in [9.17, 15) is 13.2 Å². The highest BCUT2D eigenvalue weighted by atomic mass is 32.2. The van der Waals surface area contributed by atoms with Crippen molar-refractivity contribution in [1.82, 2.24) is 0 Å². The van der Waals surface area contributed by atoms with Crippen molar-refractivity contribution >= 4 is 21.4 Å². The molecule has 4 nitrogen and oxygen atoms in total. The average molecular weight is 281 g/mol. The molecule has 0 aliphatic carbocycles. The van der Waals surface area contributed by atoms with Crippen molar-refractivity contribution in [2.45, 2.75) is 19.8 Å². The first-order chi connectivity index (χ1) is 8.87. The van der Waals surface area contributed by atoms with Gasteiger partial charge in [0.1, 0.15) is 9.84 Å². The Labute approximate surface area is 114 Å². The van der Waals surface area contributed by atoms with Crippen molar-refractivity contribution in [2.24, 2.45) is 5.92 Å². The Morgan fingerprint density at radius 2 is 2.05 bits per heavy atom. The summed E-state index contributed by atoms with van der Waals surface area (Å²) >= 11 is 0. The van der Waals surface area contributed by atoms with Gasteiger partial charge in [-0.05, 0) is 24.0 Å². The Morgan fingerprint density at radius 1 is 1.37 bits per heavy atom. The molecular weight excluding hydrogens is 262 g/mol. The molecule has 0 spiro atoms. The Balaban J connectivity index is 2.18. The molecule has 19 heavy (non-hydrogen) atoms. The fourth-order valence-corrected chi connectivity index (χ4v) is 2.99. The molecule has 5 heteroatoms. The number of carbonyl (C=O) groups is 1. The van der Waals surface area contributed by atoms with E-state index >= 15 is 0 Å². The van der Waals surface area contributed by atoms with Crippen molar-refractivity contribution in [3.05, 3.63) is 29.8 Å². The monoisotopic (exact) mass is 281 g/mol. The van der Waals surface area contributed by atoms with Crippen molar-refractivity contribution in [3.8, 4) is 0 Å². The molecule has 0 bridgehead atoms. The van der Waals surface area contributed by atoms with Crippen molar-refractivity contribution in [1.29, 1.82) is 0 Å². The minimum atomic E-state index is -3.10. The fraction of sp³-hybridized carbons (Fsp3) is 0.500. The quantitative estimate of drug-likeness (QED) is 0.846. The van der Waals surface area contributed by atoms with Gasteiger partial charge >= 0.3 is 0 Å². The van der Waals surface area contributed by atoms with Crippen LogP contribution in [0.5, 0.6) is 0 Å². The van der Waals surface area contributed by atoms with Gasteiger partial charge in [0.15, 0.2) is 0 Å². The van der Waals surface area contributed by atoms with Crippen LogP contribution in [0.3, 0.4) is 0 Å². The number of para-hydroxylation sites is 1. The van der Waals surface area contributed by atoms with Gasteiger partial charge in [-0.3, -0.25) is 4.79 Å². The zero-order valence-electron chi connectivity index (χ0n) is 11.3. The van der Waals surface area contributed by atoms with Crippen LogP contribution in [-0.2, 0) is 21.1 Å². The predicted molar refractivity (Wildman–Crippen MR) is 76.0 cm³/mol. The molecule has 0 saturated carbocycles. The molecule has 104 valence electrons. The second-order valence-corrected chi connectivity index (χ2v) is 7.58. The zero-order valence-corrected chi connectivity index (χ0v) is 12.1. The number of carbonyl (C=O) groups excluding carboxylic acids is 1. The Kier molecular flexibility index (Phi) is 3.94. The zero-order chi connectivity index (χ0) is 14.0. The maximum absolute atomic E-state index is 12.2. The molecule has 0 fully saturated rings. The van der Waals surface area contributed by atoms with Gasteiger partial charge in [0.05, 0.1) is 5.75 Å². The normalized spacial score (nSPS) is 19.1. The third-order valence-corrected chi connectivity index (χ3v) is 4.28. The molecule has 1 aliphatic rings. The first kappa shape index (κ1) is 14.1. The van der Waals surface area contributed by atoms with Gasteiger partial charge in [-0.1, -0.05) is 25.1 Å². The Bertz CT molecular complexity index is 580. The second kappa shape index (κ2) is 5.33. The van der Waals surface area contributed by atoms with Crippen LogP contribution in [0.4, 0.5) is 5.69 Å². The van der Waals surface area contributed by atoms with E-state index < -0.39 is 9.84 Å². The van der Waals surface area contributed by atoms with E-state index in [-0.39, 0.29) is 18.1 Å². The van der Waals surface area contributed by atoms with Crippen LogP contribution in [-0.4, -0.2) is 32.9 Å². The first-order valence-corrected chi connectivity index (χ1v) is 8.49. The maximum atomic E-state index is 12.2. The van der Waals surface area contributed by atoms with E-state index in [0.717, 1.165) is 23.9 Å². The number of hydrogen-bond acceptors (Lipinski definition) is 3. The smallest absolute Gasteiger partial charge is 0.228 e. The molecular formula is C14H19NO3S. The number of fused-ring (bicyclic) bond motifs is 1. The van der Waals surface area contributed by atoms with Crippen LogP contribution >= 0.6 is 0 Å². The standard InChI is InChI=1S/C14H19NO3S/c1-11-9-12-5-3-4-6-13(12)15(10-11)14(16)7-8-19(2,17)18/h3-6,11H,7-10H2,1-2H3. The minimum absolute atomic E-state index is 0.0554. The molecule has 0 radical (unpaired) electrons. The van der Waals surface area contributed by atoms with Crippen molar-refractivity contribution in [3.63, 3.8) is 0 Å². The van der Waals surface area contributed by atoms with Crippen LogP contribution in [0, 0.1) is 5.92 Å². The number of nitrogens with zero attached hydrogens (tertiary/aromatic N) is 1. The first-order valence-electron chi connectivity index (χ1n) is 6.43. The molecule has 0 N–H and O–H groups in total. The summed E-state index contributed by atoms with van der Waals surface area (Å²) in [6.07, 6.45) is 2.18. The van der Waals surface area contributed by atoms with Gasteiger partial charge in [0.2, 0.25) is 5.91 Å². The lowest BCUT2D eigenvalue weighted by Gasteiger charge is -2.33. The highest BCUT2D eigenvalue weighted by molar-refractivity contribution is 7.90. The summed E-state index contributed by atoms with van der Waals surface area (Å²) in [5.74, 6) is 0.209. The highest BCUT2D eigenvalue weighted by Gasteiger charge is 2.26. The van der Waals surface area contributed by atoms with Crippen LogP contribution in [0.1, 0.15) is 18.9 Å². The fourth-order valence-electron chi connectivity index (χ4n) is 2.44. The Morgan fingerprint density at radius 3 is 2.74 bits per heavy atom. The lowest BCUT2D eigenvalue weighted by molar-refractivity contribution is -0.118. The van der Waals surface area contributed by atoms with E-state index in [2.05, 4.69) is 6.92 Å². The molecule has 1 amide bonds. The number of hydrogen-bond donors (Lipinski definition) is 0. The molecule has 1 heterocycles. The van der Waals surface area contributed by atoms with E-state index in [1.165, 1.54) is 0 Å². The van der Waals surface area contributed by atoms with Crippen LogP contribution < -0.4 is 4.90 Å². The summed E-state index contributed by atoms with van der Waals surface area (Å²) in [5, 5.41) is 0. The second-order valence-electron chi connectivity index (χ2n) is 5.32. The van der Waals surface area contributed by atoms with Crippen LogP contribution in [0.15, 0.2) is 24.3 Å². The van der Waals surface area contributed by atoms with E-state index in [4.69, 9.17) is 0 Å². The van der Waals surface area contributed by atoms with Gasteiger partial charge in [-0.2, -0.15) is 0 Å². The van der Waals surface area contributed by atoms with Crippen molar-refractivity contribution in [2.75, 3.05) is 23.5 Å². The third-order valence-electron chi connectivity index (χ3n) is 3.33. The topological polar surface area (TPSA) is 54.5 Å². The Hall–Kier alpha value is -1.36. The van der Waals surface area contributed by atoms with E-state index in [0.29, 0.717) is 12.5 Å². The predicted octanol–water partition coefficient (Wildman–Crippen LogP) is 1.65. The molecule has 1 aromatic carbocycles. The molecule has 0 saturated heterocycles. The molecule has 1 aromatic rings.